The van der Waals surface area contributed by atoms with Crippen molar-refractivity contribution in [3.05, 3.63) is 27.1 Å². The second-order valence-electron chi connectivity index (χ2n) is 7.46. The lowest BCUT2D eigenvalue weighted by Gasteiger charge is -2.25. The smallest absolute Gasteiger partial charge is 0.262 e. The molecule has 0 saturated carbocycles. The molecule has 138 valence electrons. The number of rotatable bonds is 7. The Bertz CT molecular complexity index is 779. The molecule has 0 amide bonds. The van der Waals surface area contributed by atoms with Gasteiger partial charge in [-0.25, -0.2) is 4.98 Å². The van der Waals surface area contributed by atoms with Gasteiger partial charge in [0.1, 0.15) is 4.83 Å². The largest absolute Gasteiger partial charge is 0.379 e. The molecule has 2 heterocycles. The van der Waals surface area contributed by atoms with Crippen molar-refractivity contribution in [2.45, 2.75) is 78.1 Å². The van der Waals surface area contributed by atoms with Gasteiger partial charge < -0.3 is 10.1 Å². The maximum Gasteiger partial charge on any atom is 0.262 e. The number of aryl methyl sites for hydroxylation is 2. The molecule has 0 aromatic carbocycles. The molecule has 5 nitrogen and oxygen atoms in total. The Kier molecular flexibility index (Phi) is 5.92. The minimum atomic E-state index is 0.113. The van der Waals surface area contributed by atoms with E-state index in [4.69, 9.17) is 4.74 Å². The highest BCUT2D eigenvalue weighted by molar-refractivity contribution is 7.18. The van der Waals surface area contributed by atoms with Gasteiger partial charge in [0, 0.05) is 30.1 Å². The third-order valence-corrected chi connectivity index (χ3v) is 5.76. The molecule has 1 aliphatic rings. The van der Waals surface area contributed by atoms with E-state index in [1.54, 1.807) is 22.2 Å². The van der Waals surface area contributed by atoms with Crippen LogP contribution >= 0.6 is 11.3 Å². The molecule has 0 aliphatic heterocycles. The average molecular weight is 364 g/mol. The van der Waals surface area contributed by atoms with Crippen molar-refractivity contribution in [2.24, 2.45) is 0 Å². The van der Waals surface area contributed by atoms with Gasteiger partial charge in [-0.3, -0.25) is 9.36 Å². The number of nitrogens with zero attached hydrogens (tertiary/aromatic N) is 2. The summed E-state index contributed by atoms with van der Waals surface area (Å²) >= 11 is 1.70. The first-order valence-electron chi connectivity index (χ1n) is 9.33. The van der Waals surface area contributed by atoms with Crippen LogP contribution in [0.3, 0.4) is 0 Å². The lowest BCUT2D eigenvalue weighted by molar-refractivity contribution is 0.0747. The fourth-order valence-corrected chi connectivity index (χ4v) is 4.79. The third kappa shape index (κ3) is 4.30. The van der Waals surface area contributed by atoms with Crippen LogP contribution < -0.4 is 10.9 Å². The molecule has 1 unspecified atom stereocenters. The Morgan fingerprint density at radius 1 is 1.40 bits per heavy atom. The van der Waals surface area contributed by atoms with Crippen LogP contribution in [-0.4, -0.2) is 34.3 Å². The molecule has 0 radical (unpaired) electrons. The van der Waals surface area contributed by atoms with E-state index in [0.717, 1.165) is 35.9 Å². The summed E-state index contributed by atoms with van der Waals surface area (Å²) in [5.41, 5.74) is 1.36. The van der Waals surface area contributed by atoms with Crippen LogP contribution in [-0.2, 0) is 24.1 Å². The number of thiophene rings is 1. The first kappa shape index (κ1) is 18.5. The van der Waals surface area contributed by atoms with E-state index in [1.807, 2.05) is 13.8 Å². The quantitative estimate of drug-likeness (QED) is 0.768. The molecule has 2 aromatic rings. The van der Waals surface area contributed by atoms with Crippen LogP contribution in [0.2, 0.25) is 0 Å². The van der Waals surface area contributed by atoms with Crippen molar-refractivity contribution in [3.63, 3.8) is 0 Å². The van der Waals surface area contributed by atoms with Crippen molar-refractivity contribution in [1.29, 1.82) is 0 Å². The average Bonchev–Trinajstić information content (AvgIpc) is 2.90. The second kappa shape index (κ2) is 7.98. The fraction of sp³-hybridized carbons (Fsp3) is 0.684. The van der Waals surface area contributed by atoms with Crippen molar-refractivity contribution in [1.82, 2.24) is 14.9 Å². The van der Waals surface area contributed by atoms with Crippen LogP contribution in [0, 0.1) is 0 Å². The fourth-order valence-electron chi connectivity index (χ4n) is 3.53. The maximum absolute atomic E-state index is 12.9. The van der Waals surface area contributed by atoms with Gasteiger partial charge in [-0.1, -0.05) is 13.8 Å². The Hall–Kier alpha value is -1.24. The SMILES string of the molecule is CC(C)NC1CCc2c(sc3ncn(CCCOC(C)C)c(=O)c23)C1. The third-order valence-electron chi connectivity index (χ3n) is 4.60. The van der Waals surface area contributed by atoms with Gasteiger partial charge >= 0.3 is 0 Å². The molecule has 1 atom stereocenters. The standard InChI is InChI=1S/C19H29N3O2S/c1-12(2)21-14-6-7-15-16(10-14)25-18-17(15)19(23)22(11-20-18)8-5-9-24-13(3)4/h11-14,21H,5-10H2,1-4H3. The van der Waals surface area contributed by atoms with Crippen LogP contribution in [0.4, 0.5) is 0 Å². The monoisotopic (exact) mass is 363 g/mol. The highest BCUT2D eigenvalue weighted by atomic mass is 32.1. The van der Waals surface area contributed by atoms with Gasteiger partial charge in [-0.2, -0.15) is 0 Å². The summed E-state index contributed by atoms with van der Waals surface area (Å²) in [6.45, 7) is 9.76. The zero-order valence-corrected chi connectivity index (χ0v) is 16.5. The van der Waals surface area contributed by atoms with Crippen LogP contribution in [0.5, 0.6) is 0 Å². The highest BCUT2D eigenvalue weighted by Crippen LogP contribution is 2.33. The van der Waals surface area contributed by atoms with E-state index in [1.165, 1.54) is 10.4 Å². The number of ether oxygens (including phenoxy) is 1. The minimum Gasteiger partial charge on any atom is -0.379 e. The summed E-state index contributed by atoms with van der Waals surface area (Å²) in [5, 5.41) is 4.48. The molecule has 0 spiro atoms. The van der Waals surface area contributed by atoms with Crippen molar-refractivity contribution < 1.29 is 4.74 Å². The molecule has 3 rings (SSSR count). The Balaban J connectivity index is 1.79. The number of nitrogens with one attached hydrogen (secondary N) is 1. The molecular formula is C19H29N3O2S. The molecular weight excluding hydrogens is 334 g/mol. The topological polar surface area (TPSA) is 56.1 Å². The van der Waals surface area contributed by atoms with E-state index in [9.17, 15) is 4.79 Å². The predicted molar refractivity (Wildman–Crippen MR) is 104 cm³/mol. The summed E-state index contributed by atoms with van der Waals surface area (Å²) in [5.74, 6) is 0. The zero-order valence-electron chi connectivity index (χ0n) is 15.7. The summed E-state index contributed by atoms with van der Waals surface area (Å²) < 4.78 is 7.32. The molecule has 6 heteroatoms. The molecule has 2 aromatic heterocycles. The number of hydrogen-bond donors (Lipinski definition) is 1. The van der Waals surface area contributed by atoms with Gasteiger partial charge in [0.25, 0.3) is 5.56 Å². The van der Waals surface area contributed by atoms with E-state index in [2.05, 4.69) is 24.1 Å². The van der Waals surface area contributed by atoms with Gasteiger partial charge in [0.15, 0.2) is 0 Å². The molecule has 1 aliphatic carbocycles. The Labute approximate surface area is 153 Å². The molecule has 0 fully saturated rings. The normalized spacial score (nSPS) is 17.6. The van der Waals surface area contributed by atoms with Crippen molar-refractivity contribution in [2.75, 3.05) is 6.61 Å². The summed E-state index contributed by atoms with van der Waals surface area (Å²) in [6.07, 6.45) is 5.83. The van der Waals surface area contributed by atoms with E-state index in [0.29, 0.717) is 25.2 Å². The molecule has 0 bridgehead atoms. The number of aromatic nitrogens is 2. The lowest BCUT2D eigenvalue weighted by atomic mass is 9.92. The van der Waals surface area contributed by atoms with E-state index >= 15 is 0 Å². The van der Waals surface area contributed by atoms with Gasteiger partial charge in [0.2, 0.25) is 0 Å². The number of hydrogen-bond acceptors (Lipinski definition) is 5. The summed E-state index contributed by atoms with van der Waals surface area (Å²) in [4.78, 5) is 19.7. The highest BCUT2D eigenvalue weighted by Gasteiger charge is 2.25. The second-order valence-corrected chi connectivity index (χ2v) is 8.54. The Morgan fingerprint density at radius 2 is 2.20 bits per heavy atom. The van der Waals surface area contributed by atoms with Crippen LogP contribution in [0.25, 0.3) is 10.2 Å². The maximum atomic E-state index is 12.9. The lowest BCUT2D eigenvalue weighted by Crippen LogP contribution is -2.38. The summed E-state index contributed by atoms with van der Waals surface area (Å²) in [6, 6.07) is 1.00. The number of fused-ring (bicyclic) bond motifs is 3. The van der Waals surface area contributed by atoms with Crippen LogP contribution in [0.1, 0.15) is 51.0 Å². The first-order valence-corrected chi connectivity index (χ1v) is 10.1. The Morgan fingerprint density at radius 3 is 2.92 bits per heavy atom. The molecule has 0 saturated heterocycles. The predicted octanol–water partition coefficient (Wildman–Crippen LogP) is 3.13. The van der Waals surface area contributed by atoms with Gasteiger partial charge in [0.05, 0.1) is 17.8 Å². The minimum absolute atomic E-state index is 0.113. The van der Waals surface area contributed by atoms with Gasteiger partial charge in [-0.05, 0) is 45.1 Å². The van der Waals surface area contributed by atoms with Gasteiger partial charge in [-0.15, -0.1) is 11.3 Å². The van der Waals surface area contributed by atoms with Crippen molar-refractivity contribution in [3.8, 4) is 0 Å². The molecule has 1 N–H and O–H groups in total. The summed E-state index contributed by atoms with van der Waals surface area (Å²) in [7, 11) is 0. The van der Waals surface area contributed by atoms with Crippen molar-refractivity contribution >= 4 is 21.6 Å². The van der Waals surface area contributed by atoms with E-state index < -0.39 is 0 Å². The van der Waals surface area contributed by atoms with Crippen LogP contribution in [0.15, 0.2) is 11.1 Å². The van der Waals surface area contributed by atoms with E-state index in [-0.39, 0.29) is 11.7 Å². The first-order chi connectivity index (χ1) is 12.0. The zero-order chi connectivity index (χ0) is 18.0. The molecule has 25 heavy (non-hydrogen) atoms.